The number of halogens is 1. The number of anilines is 1. The number of hydrogen-bond donors (Lipinski definition) is 2. The average molecular weight is 456 g/mol. The second kappa shape index (κ2) is 8.62. The van der Waals surface area contributed by atoms with Crippen molar-refractivity contribution in [1.82, 2.24) is 19.7 Å². The van der Waals surface area contributed by atoms with Crippen LogP contribution >= 0.6 is 11.6 Å². The van der Waals surface area contributed by atoms with Gasteiger partial charge in [0.25, 0.3) is 5.91 Å². The van der Waals surface area contributed by atoms with Crippen LogP contribution in [-0.2, 0) is 0 Å². The fraction of sp³-hybridized carbons (Fsp3) is 0.458. The van der Waals surface area contributed by atoms with Gasteiger partial charge >= 0.3 is 0 Å². The molecule has 2 aromatic heterocycles. The van der Waals surface area contributed by atoms with Crippen molar-refractivity contribution in [2.75, 3.05) is 12.3 Å². The van der Waals surface area contributed by atoms with Crippen molar-refractivity contribution in [2.24, 2.45) is 5.92 Å². The predicted octanol–water partition coefficient (Wildman–Crippen LogP) is 4.66. The minimum atomic E-state index is -0.208. The third kappa shape index (κ3) is 4.13. The van der Waals surface area contributed by atoms with E-state index < -0.39 is 0 Å². The maximum absolute atomic E-state index is 13.2. The van der Waals surface area contributed by atoms with Crippen LogP contribution in [0.25, 0.3) is 5.52 Å². The van der Waals surface area contributed by atoms with E-state index in [0.29, 0.717) is 40.2 Å². The Morgan fingerprint density at radius 2 is 2.06 bits per heavy atom. The molecule has 0 spiro atoms. The van der Waals surface area contributed by atoms with E-state index in [0.717, 1.165) is 35.4 Å². The fourth-order valence-corrected chi connectivity index (χ4v) is 4.27. The molecule has 1 fully saturated rings. The number of aromatic nitrogens is 3. The predicted molar refractivity (Wildman–Crippen MR) is 127 cm³/mol. The average Bonchev–Trinajstić information content (AvgIpc) is 3.50. The monoisotopic (exact) mass is 455 g/mol. The van der Waals surface area contributed by atoms with Crippen LogP contribution in [0.1, 0.15) is 72.5 Å². The van der Waals surface area contributed by atoms with Gasteiger partial charge in [-0.2, -0.15) is 0 Å². The highest BCUT2D eigenvalue weighted by atomic mass is 35.5. The van der Waals surface area contributed by atoms with Gasteiger partial charge in [-0.3, -0.25) is 9.20 Å². The molecular weight excluding hydrogens is 426 g/mol. The van der Waals surface area contributed by atoms with Gasteiger partial charge < -0.3 is 15.8 Å². The molecule has 0 bridgehead atoms. The van der Waals surface area contributed by atoms with Crippen molar-refractivity contribution in [3.8, 4) is 5.75 Å². The highest BCUT2D eigenvalue weighted by molar-refractivity contribution is 6.32. The molecule has 0 aliphatic heterocycles. The van der Waals surface area contributed by atoms with Gasteiger partial charge in [0.15, 0.2) is 0 Å². The van der Waals surface area contributed by atoms with Crippen molar-refractivity contribution in [3.05, 3.63) is 51.7 Å². The number of nitrogens with one attached hydrogen (secondary N) is 1. The molecule has 170 valence electrons. The van der Waals surface area contributed by atoms with Gasteiger partial charge in [-0.15, -0.1) is 0 Å². The number of fused-ring (bicyclic) bond motifs is 1. The summed E-state index contributed by atoms with van der Waals surface area (Å²) in [7, 11) is 0. The number of benzene rings is 1. The highest BCUT2D eigenvalue weighted by Crippen LogP contribution is 2.40. The molecule has 7 nitrogen and oxygen atoms in total. The van der Waals surface area contributed by atoms with E-state index in [1.54, 1.807) is 6.20 Å². The van der Waals surface area contributed by atoms with Gasteiger partial charge in [-0.05, 0) is 58.1 Å². The Kier molecular flexibility index (Phi) is 6.03. The third-order valence-electron chi connectivity index (χ3n) is 5.97. The SMILES string of the molecule is Cc1c(Cl)cc([C@H](C)c2nc(C)c3c(N)nccn23)c(OC(C)C)c1C(=O)NCC1CC1. The number of carbonyl (C=O) groups excluding carboxylic acids is 1. The number of imidazole rings is 1. The largest absolute Gasteiger partial charge is 0.490 e. The lowest BCUT2D eigenvalue weighted by Crippen LogP contribution is -2.28. The van der Waals surface area contributed by atoms with Gasteiger partial charge in [-0.25, -0.2) is 9.97 Å². The van der Waals surface area contributed by atoms with E-state index >= 15 is 0 Å². The summed E-state index contributed by atoms with van der Waals surface area (Å²) in [6.45, 7) is 10.4. The Hall–Kier alpha value is -2.80. The Labute approximate surface area is 193 Å². The lowest BCUT2D eigenvalue weighted by atomic mass is 9.93. The number of ether oxygens (including phenoxy) is 1. The van der Waals surface area contributed by atoms with Crippen LogP contribution < -0.4 is 15.8 Å². The molecule has 3 N–H and O–H groups in total. The summed E-state index contributed by atoms with van der Waals surface area (Å²) in [6.07, 6.45) is 5.71. The first-order chi connectivity index (χ1) is 15.2. The molecule has 2 heterocycles. The van der Waals surface area contributed by atoms with Crippen molar-refractivity contribution in [1.29, 1.82) is 0 Å². The van der Waals surface area contributed by atoms with Crippen LogP contribution in [0.3, 0.4) is 0 Å². The summed E-state index contributed by atoms with van der Waals surface area (Å²) in [5.41, 5.74) is 9.70. The van der Waals surface area contributed by atoms with Crippen LogP contribution in [0.5, 0.6) is 5.75 Å². The lowest BCUT2D eigenvalue weighted by Gasteiger charge is -2.23. The zero-order valence-electron chi connectivity index (χ0n) is 19.2. The van der Waals surface area contributed by atoms with Crippen molar-refractivity contribution < 1.29 is 9.53 Å². The van der Waals surface area contributed by atoms with Crippen molar-refractivity contribution in [3.63, 3.8) is 0 Å². The zero-order chi connectivity index (χ0) is 23.2. The van der Waals surface area contributed by atoms with Crippen LogP contribution in [0.4, 0.5) is 5.82 Å². The number of nitrogens with zero attached hydrogens (tertiary/aromatic N) is 3. The fourth-order valence-electron chi connectivity index (χ4n) is 4.06. The normalized spacial score (nSPS) is 14.7. The maximum Gasteiger partial charge on any atom is 0.255 e. The Bertz CT molecular complexity index is 1180. The van der Waals surface area contributed by atoms with E-state index in [1.807, 2.05) is 51.3 Å². The summed E-state index contributed by atoms with van der Waals surface area (Å²) in [5.74, 6) is 1.98. The summed E-state index contributed by atoms with van der Waals surface area (Å²) in [6, 6.07) is 1.89. The molecule has 0 saturated heterocycles. The molecular formula is C24H30ClN5O2. The maximum atomic E-state index is 13.2. The number of nitrogen functional groups attached to an aromatic ring is 1. The van der Waals surface area contributed by atoms with Crippen molar-refractivity contribution in [2.45, 2.75) is 59.5 Å². The minimum absolute atomic E-state index is 0.116. The molecule has 8 heteroatoms. The number of aryl methyl sites for hydroxylation is 1. The van der Waals surface area contributed by atoms with E-state index in [2.05, 4.69) is 10.3 Å². The number of amides is 1. The van der Waals surface area contributed by atoms with Crippen LogP contribution in [0, 0.1) is 19.8 Å². The Balaban J connectivity index is 1.86. The summed E-state index contributed by atoms with van der Waals surface area (Å²) in [4.78, 5) is 22.2. The van der Waals surface area contributed by atoms with E-state index in [4.69, 9.17) is 27.1 Å². The van der Waals surface area contributed by atoms with Gasteiger partial charge in [0.2, 0.25) is 0 Å². The molecule has 0 radical (unpaired) electrons. The minimum Gasteiger partial charge on any atom is -0.490 e. The molecule has 1 amide bonds. The molecule has 1 aliphatic rings. The first-order valence-corrected chi connectivity index (χ1v) is 11.4. The van der Waals surface area contributed by atoms with Crippen LogP contribution in [-0.4, -0.2) is 32.9 Å². The molecule has 1 atom stereocenters. The number of carbonyl (C=O) groups is 1. The van der Waals surface area contributed by atoms with Gasteiger partial charge in [-0.1, -0.05) is 18.5 Å². The second-order valence-corrected chi connectivity index (χ2v) is 9.31. The highest BCUT2D eigenvalue weighted by Gasteiger charge is 2.29. The number of rotatable bonds is 7. The number of hydrogen-bond acceptors (Lipinski definition) is 5. The molecule has 32 heavy (non-hydrogen) atoms. The van der Waals surface area contributed by atoms with Crippen molar-refractivity contribution >= 4 is 28.8 Å². The van der Waals surface area contributed by atoms with Gasteiger partial charge in [0.05, 0.1) is 17.4 Å². The molecule has 1 aromatic carbocycles. The standard InChI is InChI=1S/C24H30ClN5O2/c1-12(2)32-21-17(10-18(25)14(4)19(21)24(31)28-11-16-6-7-16)13(3)23-29-15(5)20-22(26)27-8-9-30(20)23/h8-10,12-13,16H,6-7,11H2,1-5H3,(H2,26,27)(H,28,31)/t13-/m0/s1. The van der Waals surface area contributed by atoms with E-state index in [1.165, 1.54) is 0 Å². The molecule has 1 aliphatic carbocycles. The topological polar surface area (TPSA) is 94.5 Å². The molecule has 3 aromatic rings. The lowest BCUT2D eigenvalue weighted by molar-refractivity contribution is 0.0945. The number of nitrogens with two attached hydrogens (primary N) is 1. The zero-order valence-corrected chi connectivity index (χ0v) is 20.0. The molecule has 1 saturated carbocycles. The third-order valence-corrected chi connectivity index (χ3v) is 6.36. The first kappa shape index (κ1) is 22.4. The summed E-state index contributed by atoms with van der Waals surface area (Å²) >= 11 is 6.63. The smallest absolute Gasteiger partial charge is 0.255 e. The molecule has 4 rings (SSSR count). The quantitative estimate of drug-likeness (QED) is 0.540. The summed E-state index contributed by atoms with van der Waals surface area (Å²) in [5, 5.41) is 3.59. The second-order valence-electron chi connectivity index (χ2n) is 8.90. The Morgan fingerprint density at radius 1 is 1.34 bits per heavy atom. The molecule has 0 unspecified atom stereocenters. The first-order valence-electron chi connectivity index (χ1n) is 11.1. The Morgan fingerprint density at radius 3 is 2.72 bits per heavy atom. The van der Waals surface area contributed by atoms with Crippen LogP contribution in [0.2, 0.25) is 5.02 Å². The van der Waals surface area contributed by atoms with Gasteiger partial charge in [0, 0.05) is 35.4 Å². The van der Waals surface area contributed by atoms with Gasteiger partial charge in [0.1, 0.15) is 22.9 Å². The van der Waals surface area contributed by atoms with E-state index in [-0.39, 0.29) is 17.9 Å². The van der Waals surface area contributed by atoms with Crippen LogP contribution in [0.15, 0.2) is 18.5 Å². The summed E-state index contributed by atoms with van der Waals surface area (Å²) < 4.78 is 8.19. The van der Waals surface area contributed by atoms with E-state index in [9.17, 15) is 4.79 Å².